The van der Waals surface area contributed by atoms with Gasteiger partial charge in [-0.1, -0.05) is 0 Å². The molecule has 0 saturated carbocycles. The van der Waals surface area contributed by atoms with Crippen LogP contribution in [0.25, 0.3) is 0 Å². The molecule has 1 rings (SSSR count). The van der Waals surface area contributed by atoms with E-state index < -0.39 is 0 Å². The minimum absolute atomic E-state index is 0.259. The average molecular weight is 180 g/mol. The highest BCUT2D eigenvalue weighted by Gasteiger charge is 1.97. The van der Waals surface area contributed by atoms with Gasteiger partial charge < -0.3 is 10.5 Å². The van der Waals surface area contributed by atoms with Gasteiger partial charge in [-0.3, -0.25) is 4.98 Å². The normalized spacial score (nSPS) is 10.8. The third-order valence-electron chi connectivity index (χ3n) is 1.67. The molecule has 0 atom stereocenters. The summed E-state index contributed by atoms with van der Waals surface area (Å²) in [5, 5.41) is 0. The van der Waals surface area contributed by atoms with Gasteiger partial charge in [0.2, 0.25) is 0 Å². The van der Waals surface area contributed by atoms with Gasteiger partial charge in [-0.15, -0.1) is 0 Å². The molecule has 0 aromatic carbocycles. The summed E-state index contributed by atoms with van der Waals surface area (Å²) >= 11 is 0. The summed E-state index contributed by atoms with van der Waals surface area (Å²) < 4.78 is 5.46. The molecule has 0 unspecified atom stereocenters. The molecule has 72 valence electrons. The van der Waals surface area contributed by atoms with Crippen LogP contribution in [-0.4, -0.2) is 11.1 Å². The first-order valence-electron chi connectivity index (χ1n) is 4.48. The number of nitrogens with two attached hydrogens (primary N) is 1. The third kappa shape index (κ3) is 3.53. The van der Waals surface area contributed by atoms with Crippen LogP contribution in [0.2, 0.25) is 0 Å². The van der Waals surface area contributed by atoms with Crippen molar-refractivity contribution in [3.05, 3.63) is 29.6 Å². The van der Waals surface area contributed by atoms with Crippen LogP contribution in [0.3, 0.4) is 0 Å². The van der Waals surface area contributed by atoms with E-state index in [2.05, 4.69) is 4.98 Å². The number of aromatic nitrogens is 1. The van der Waals surface area contributed by atoms with E-state index in [4.69, 9.17) is 10.5 Å². The lowest BCUT2D eigenvalue weighted by Crippen LogP contribution is -2.04. The van der Waals surface area contributed by atoms with Crippen molar-refractivity contribution in [2.75, 3.05) is 0 Å². The van der Waals surface area contributed by atoms with Gasteiger partial charge in [0, 0.05) is 12.7 Å². The lowest BCUT2D eigenvalue weighted by Gasteiger charge is -2.07. The summed E-state index contributed by atoms with van der Waals surface area (Å²) in [4.78, 5) is 4.10. The molecule has 0 bridgehead atoms. The third-order valence-corrected chi connectivity index (χ3v) is 1.67. The summed E-state index contributed by atoms with van der Waals surface area (Å²) in [5.74, 6) is 0. The fourth-order valence-corrected chi connectivity index (χ4v) is 0.992. The monoisotopic (exact) mass is 180 g/mol. The second kappa shape index (κ2) is 4.94. The van der Waals surface area contributed by atoms with Crippen molar-refractivity contribution < 1.29 is 4.74 Å². The molecule has 1 aromatic heterocycles. The average Bonchev–Trinajstić information content (AvgIpc) is 2.15. The van der Waals surface area contributed by atoms with Gasteiger partial charge >= 0.3 is 0 Å². The molecule has 0 aliphatic rings. The van der Waals surface area contributed by atoms with Gasteiger partial charge in [0.05, 0.1) is 18.4 Å². The summed E-state index contributed by atoms with van der Waals surface area (Å²) in [7, 11) is 0. The van der Waals surface area contributed by atoms with Crippen LogP contribution >= 0.6 is 0 Å². The number of hydrogen-bond acceptors (Lipinski definition) is 3. The molecule has 2 N–H and O–H groups in total. The maximum atomic E-state index is 5.47. The standard InChI is InChI=1S/C10H16N2O/c1-8(2)13-7-9-3-4-12-10(5-9)6-11/h3-5,8H,6-7,11H2,1-2H3. The van der Waals surface area contributed by atoms with Crippen LogP contribution in [0.1, 0.15) is 25.1 Å². The molecular weight excluding hydrogens is 164 g/mol. The highest BCUT2D eigenvalue weighted by Crippen LogP contribution is 2.04. The number of ether oxygens (including phenoxy) is 1. The summed E-state index contributed by atoms with van der Waals surface area (Å²) in [6, 6.07) is 3.92. The first-order chi connectivity index (χ1) is 6.22. The van der Waals surface area contributed by atoms with E-state index in [0.717, 1.165) is 11.3 Å². The second-order valence-corrected chi connectivity index (χ2v) is 3.22. The fourth-order valence-electron chi connectivity index (χ4n) is 0.992. The van der Waals surface area contributed by atoms with Gasteiger partial charge in [0.15, 0.2) is 0 Å². The predicted molar refractivity (Wildman–Crippen MR) is 52.1 cm³/mol. The van der Waals surface area contributed by atoms with Crippen LogP contribution in [0.15, 0.2) is 18.3 Å². The van der Waals surface area contributed by atoms with Crippen molar-refractivity contribution >= 4 is 0 Å². The number of rotatable bonds is 4. The SMILES string of the molecule is CC(C)OCc1ccnc(CN)c1. The predicted octanol–water partition coefficient (Wildman–Crippen LogP) is 1.47. The largest absolute Gasteiger partial charge is 0.374 e. The van der Waals surface area contributed by atoms with Gasteiger partial charge in [-0.2, -0.15) is 0 Å². The maximum absolute atomic E-state index is 5.47. The lowest BCUT2D eigenvalue weighted by molar-refractivity contribution is 0.0656. The molecule has 0 amide bonds. The summed E-state index contributed by atoms with van der Waals surface area (Å²) in [5.41, 5.74) is 7.51. The second-order valence-electron chi connectivity index (χ2n) is 3.22. The Bertz CT molecular complexity index is 261. The zero-order chi connectivity index (χ0) is 9.68. The molecule has 1 aromatic rings. The van der Waals surface area contributed by atoms with E-state index >= 15 is 0 Å². The number of hydrogen-bond donors (Lipinski definition) is 1. The fraction of sp³-hybridized carbons (Fsp3) is 0.500. The molecule has 0 saturated heterocycles. The number of nitrogens with zero attached hydrogens (tertiary/aromatic N) is 1. The molecule has 0 fully saturated rings. The molecule has 13 heavy (non-hydrogen) atoms. The number of pyridine rings is 1. The van der Waals surface area contributed by atoms with Crippen LogP contribution in [0.5, 0.6) is 0 Å². The van der Waals surface area contributed by atoms with Crippen LogP contribution in [0, 0.1) is 0 Å². The summed E-state index contributed by atoms with van der Waals surface area (Å²) in [6.45, 7) is 5.15. The minimum atomic E-state index is 0.259. The Kier molecular flexibility index (Phi) is 3.86. The Morgan fingerprint density at radius 2 is 2.31 bits per heavy atom. The highest BCUT2D eigenvalue weighted by atomic mass is 16.5. The molecule has 0 aliphatic heterocycles. The molecule has 0 spiro atoms. The maximum Gasteiger partial charge on any atom is 0.0721 e. The Balaban J connectivity index is 2.56. The Labute approximate surface area is 78.9 Å². The van der Waals surface area contributed by atoms with Gasteiger partial charge in [-0.05, 0) is 31.5 Å². The molecule has 3 heteroatoms. The molecule has 3 nitrogen and oxygen atoms in total. The van der Waals surface area contributed by atoms with Crippen molar-refractivity contribution in [3.8, 4) is 0 Å². The first-order valence-corrected chi connectivity index (χ1v) is 4.48. The summed E-state index contributed by atoms with van der Waals surface area (Å²) in [6.07, 6.45) is 2.02. The van der Waals surface area contributed by atoms with Crippen LogP contribution < -0.4 is 5.73 Å². The Hall–Kier alpha value is -0.930. The van der Waals surface area contributed by atoms with Crippen molar-refractivity contribution in [1.29, 1.82) is 0 Å². The van der Waals surface area contributed by atoms with E-state index in [-0.39, 0.29) is 6.10 Å². The molecular formula is C10H16N2O. The quantitative estimate of drug-likeness (QED) is 0.763. The van der Waals surface area contributed by atoms with Gasteiger partial charge in [0.1, 0.15) is 0 Å². The van der Waals surface area contributed by atoms with E-state index in [0.29, 0.717) is 13.2 Å². The van der Waals surface area contributed by atoms with E-state index in [1.807, 2.05) is 26.0 Å². The molecule has 0 radical (unpaired) electrons. The molecule has 0 aliphatic carbocycles. The topological polar surface area (TPSA) is 48.1 Å². The van der Waals surface area contributed by atoms with Gasteiger partial charge in [-0.25, -0.2) is 0 Å². The van der Waals surface area contributed by atoms with Gasteiger partial charge in [0.25, 0.3) is 0 Å². The molecule has 1 heterocycles. The Morgan fingerprint density at radius 3 is 2.92 bits per heavy atom. The van der Waals surface area contributed by atoms with Crippen molar-refractivity contribution in [1.82, 2.24) is 4.98 Å². The lowest BCUT2D eigenvalue weighted by atomic mass is 10.2. The Morgan fingerprint density at radius 1 is 1.54 bits per heavy atom. The zero-order valence-electron chi connectivity index (χ0n) is 8.16. The highest BCUT2D eigenvalue weighted by molar-refractivity contribution is 5.15. The zero-order valence-corrected chi connectivity index (χ0v) is 8.16. The van der Waals surface area contributed by atoms with Crippen LogP contribution in [-0.2, 0) is 17.9 Å². The first kappa shape index (κ1) is 10.2. The van der Waals surface area contributed by atoms with Crippen LogP contribution in [0.4, 0.5) is 0 Å². The van der Waals surface area contributed by atoms with Crippen molar-refractivity contribution in [3.63, 3.8) is 0 Å². The van der Waals surface area contributed by atoms with Crippen molar-refractivity contribution in [2.24, 2.45) is 5.73 Å². The van der Waals surface area contributed by atoms with E-state index in [1.165, 1.54) is 0 Å². The van der Waals surface area contributed by atoms with E-state index in [9.17, 15) is 0 Å². The minimum Gasteiger partial charge on any atom is -0.374 e. The van der Waals surface area contributed by atoms with Crippen molar-refractivity contribution in [2.45, 2.75) is 33.1 Å². The van der Waals surface area contributed by atoms with E-state index in [1.54, 1.807) is 6.20 Å². The smallest absolute Gasteiger partial charge is 0.0721 e.